The Morgan fingerprint density at radius 1 is 1.47 bits per heavy atom. The molecule has 3 heteroatoms. The molecule has 1 aromatic rings. The standard InChI is InChI=1S/C12H16O3/c1-9(14)11-5-3-4-10(6-11)7-12(2,15)8-13/h3-6,13,15H,7-8H2,1-2H3. The van der Waals surface area contributed by atoms with Crippen LogP contribution in [0.25, 0.3) is 0 Å². The average Bonchev–Trinajstić information content (AvgIpc) is 2.17. The SMILES string of the molecule is CC(=O)c1cccc(CC(C)(O)CO)c1. The molecule has 3 nitrogen and oxygen atoms in total. The van der Waals surface area contributed by atoms with Crippen LogP contribution in [0.1, 0.15) is 29.8 Å². The molecule has 0 aliphatic rings. The lowest BCUT2D eigenvalue weighted by molar-refractivity contribution is 0.00230. The third kappa shape index (κ3) is 3.46. The highest BCUT2D eigenvalue weighted by molar-refractivity contribution is 5.94. The summed E-state index contributed by atoms with van der Waals surface area (Å²) in [5.41, 5.74) is 0.345. The highest BCUT2D eigenvalue weighted by Crippen LogP contribution is 2.14. The number of aliphatic hydroxyl groups is 2. The Hall–Kier alpha value is -1.19. The summed E-state index contributed by atoms with van der Waals surface area (Å²) in [6, 6.07) is 7.09. The minimum Gasteiger partial charge on any atom is -0.393 e. The fourth-order valence-electron chi connectivity index (χ4n) is 1.40. The van der Waals surface area contributed by atoms with E-state index in [1.54, 1.807) is 25.1 Å². The van der Waals surface area contributed by atoms with Crippen LogP contribution in [0.5, 0.6) is 0 Å². The molecule has 0 saturated heterocycles. The Morgan fingerprint density at radius 3 is 2.67 bits per heavy atom. The molecular weight excluding hydrogens is 192 g/mol. The molecule has 0 aromatic heterocycles. The van der Waals surface area contributed by atoms with Crippen molar-refractivity contribution in [2.24, 2.45) is 0 Å². The van der Waals surface area contributed by atoms with Crippen molar-refractivity contribution >= 4 is 5.78 Å². The van der Waals surface area contributed by atoms with Crippen molar-refractivity contribution in [3.63, 3.8) is 0 Å². The lowest BCUT2D eigenvalue weighted by atomic mass is 9.96. The van der Waals surface area contributed by atoms with Crippen LogP contribution < -0.4 is 0 Å². The highest BCUT2D eigenvalue weighted by Gasteiger charge is 2.19. The van der Waals surface area contributed by atoms with Gasteiger partial charge >= 0.3 is 0 Å². The molecule has 82 valence electrons. The maximum absolute atomic E-state index is 11.1. The number of carbonyl (C=O) groups excluding carboxylic acids is 1. The number of Topliss-reactive ketones (excluding diaryl/α,β-unsaturated/α-hetero) is 1. The molecule has 2 N–H and O–H groups in total. The fraction of sp³-hybridized carbons (Fsp3) is 0.417. The normalized spacial score (nSPS) is 14.7. The quantitative estimate of drug-likeness (QED) is 0.730. The van der Waals surface area contributed by atoms with Crippen LogP contribution in [0.2, 0.25) is 0 Å². The first-order valence-electron chi connectivity index (χ1n) is 4.88. The molecule has 0 saturated carbocycles. The molecule has 0 aliphatic carbocycles. The largest absolute Gasteiger partial charge is 0.393 e. The van der Waals surface area contributed by atoms with E-state index in [-0.39, 0.29) is 12.4 Å². The van der Waals surface area contributed by atoms with Gasteiger partial charge in [0.15, 0.2) is 5.78 Å². The van der Waals surface area contributed by atoms with Gasteiger partial charge in [-0.3, -0.25) is 4.79 Å². The van der Waals surface area contributed by atoms with E-state index in [0.29, 0.717) is 12.0 Å². The summed E-state index contributed by atoms with van der Waals surface area (Å²) < 4.78 is 0. The van der Waals surface area contributed by atoms with Gasteiger partial charge in [0.25, 0.3) is 0 Å². The maximum Gasteiger partial charge on any atom is 0.159 e. The van der Waals surface area contributed by atoms with E-state index >= 15 is 0 Å². The molecule has 1 rings (SSSR count). The topological polar surface area (TPSA) is 57.5 Å². The van der Waals surface area contributed by atoms with Crippen molar-refractivity contribution in [3.8, 4) is 0 Å². The predicted molar refractivity (Wildman–Crippen MR) is 57.9 cm³/mol. The van der Waals surface area contributed by atoms with Gasteiger partial charge in [-0.15, -0.1) is 0 Å². The van der Waals surface area contributed by atoms with Crippen LogP contribution in [-0.4, -0.2) is 28.2 Å². The minimum atomic E-state index is -1.13. The third-order valence-electron chi connectivity index (χ3n) is 2.26. The second-order valence-electron chi connectivity index (χ2n) is 4.09. The Labute approximate surface area is 89.4 Å². The lowest BCUT2D eigenvalue weighted by Crippen LogP contribution is -2.31. The van der Waals surface area contributed by atoms with Crippen LogP contribution in [0, 0.1) is 0 Å². The first-order chi connectivity index (χ1) is 6.94. The summed E-state index contributed by atoms with van der Waals surface area (Å²) >= 11 is 0. The molecule has 0 radical (unpaired) electrons. The van der Waals surface area contributed by atoms with Crippen molar-refractivity contribution in [1.29, 1.82) is 0 Å². The Balaban J connectivity index is 2.87. The van der Waals surface area contributed by atoms with E-state index in [4.69, 9.17) is 5.11 Å². The molecule has 0 heterocycles. The monoisotopic (exact) mass is 208 g/mol. The number of ketones is 1. The lowest BCUT2D eigenvalue weighted by Gasteiger charge is -2.20. The van der Waals surface area contributed by atoms with Crippen LogP contribution in [0.3, 0.4) is 0 Å². The molecule has 0 spiro atoms. The first-order valence-corrected chi connectivity index (χ1v) is 4.88. The van der Waals surface area contributed by atoms with Crippen molar-refractivity contribution in [3.05, 3.63) is 35.4 Å². The van der Waals surface area contributed by atoms with Gasteiger partial charge in [-0.25, -0.2) is 0 Å². The molecular formula is C12H16O3. The van der Waals surface area contributed by atoms with Gasteiger partial charge in [-0.2, -0.15) is 0 Å². The number of benzene rings is 1. The Morgan fingerprint density at radius 2 is 2.13 bits per heavy atom. The van der Waals surface area contributed by atoms with Gasteiger partial charge in [0.1, 0.15) is 0 Å². The van der Waals surface area contributed by atoms with Crippen LogP contribution in [0.4, 0.5) is 0 Å². The smallest absolute Gasteiger partial charge is 0.159 e. The van der Waals surface area contributed by atoms with Crippen LogP contribution >= 0.6 is 0 Å². The van der Waals surface area contributed by atoms with E-state index in [1.165, 1.54) is 6.92 Å². The molecule has 1 atom stereocenters. The second-order valence-corrected chi connectivity index (χ2v) is 4.09. The molecule has 1 aromatic carbocycles. The molecule has 0 amide bonds. The van der Waals surface area contributed by atoms with Crippen molar-refractivity contribution in [1.82, 2.24) is 0 Å². The molecule has 0 bridgehead atoms. The van der Waals surface area contributed by atoms with E-state index in [2.05, 4.69) is 0 Å². The van der Waals surface area contributed by atoms with Gasteiger partial charge in [-0.1, -0.05) is 18.2 Å². The Kier molecular flexibility index (Phi) is 3.61. The number of aliphatic hydroxyl groups excluding tert-OH is 1. The average molecular weight is 208 g/mol. The highest BCUT2D eigenvalue weighted by atomic mass is 16.3. The summed E-state index contributed by atoms with van der Waals surface area (Å²) in [5, 5.41) is 18.6. The maximum atomic E-state index is 11.1. The fourth-order valence-corrected chi connectivity index (χ4v) is 1.40. The molecule has 0 aliphatic heterocycles. The van der Waals surface area contributed by atoms with Crippen molar-refractivity contribution in [2.75, 3.05) is 6.61 Å². The van der Waals surface area contributed by atoms with E-state index < -0.39 is 5.60 Å². The zero-order valence-corrected chi connectivity index (χ0v) is 9.03. The van der Waals surface area contributed by atoms with Crippen molar-refractivity contribution < 1.29 is 15.0 Å². The number of rotatable bonds is 4. The molecule has 1 unspecified atom stereocenters. The minimum absolute atomic E-state index is 0.000455. The number of hydrogen-bond donors (Lipinski definition) is 2. The number of hydrogen-bond acceptors (Lipinski definition) is 3. The summed E-state index contributed by atoms with van der Waals surface area (Å²) in [4.78, 5) is 11.1. The molecule has 15 heavy (non-hydrogen) atoms. The van der Waals surface area contributed by atoms with Gasteiger partial charge < -0.3 is 10.2 Å². The van der Waals surface area contributed by atoms with Gasteiger partial charge in [0, 0.05) is 12.0 Å². The predicted octanol–water partition coefficient (Wildman–Crippen LogP) is 1.18. The first kappa shape index (κ1) is 11.9. The zero-order valence-electron chi connectivity index (χ0n) is 9.03. The van der Waals surface area contributed by atoms with Gasteiger partial charge in [0.05, 0.1) is 12.2 Å². The summed E-state index contributed by atoms with van der Waals surface area (Å²) in [5.74, 6) is 0.000455. The Bertz CT molecular complexity index is 356. The van der Waals surface area contributed by atoms with E-state index in [9.17, 15) is 9.90 Å². The van der Waals surface area contributed by atoms with E-state index in [0.717, 1.165) is 5.56 Å². The summed E-state index contributed by atoms with van der Waals surface area (Å²) in [6.45, 7) is 2.77. The van der Waals surface area contributed by atoms with Crippen LogP contribution in [-0.2, 0) is 6.42 Å². The zero-order chi connectivity index (χ0) is 11.5. The summed E-state index contributed by atoms with van der Waals surface area (Å²) in [7, 11) is 0. The molecule has 0 fully saturated rings. The van der Waals surface area contributed by atoms with Gasteiger partial charge in [0.2, 0.25) is 0 Å². The van der Waals surface area contributed by atoms with Crippen molar-refractivity contribution in [2.45, 2.75) is 25.9 Å². The van der Waals surface area contributed by atoms with Crippen LogP contribution in [0.15, 0.2) is 24.3 Å². The van der Waals surface area contributed by atoms with E-state index in [1.807, 2.05) is 6.07 Å². The second kappa shape index (κ2) is 4.55. The summed E-state index contributed by atoms with van der Waals surface area (Å²) in [6.07, 6.45) is 0.338. The number of carbonyl (C=O) groups is 1. The van der Waals surface area contributed by atoms with Gasteiger partial charge in [-0.05, 0) is 25.5 Å². The third-order valence-corrected chi connectivity index (χ3v) is 2.26.